The Labute approximate surface area is 199 Å². The maximum atomic E-state index is 13.1. The second-order valence-corrected chi connectivity index (χ2v) is 10.2. The average molecular weight is 499 g/mol. The Morgan fingerprint density at radius 2 is 1.82 bits per heavy atom. The van der Waals surface area contributed by atoms with E-state index in [1.165, 1.54) is 12.1 Å². The monoisotopic (exact) mass is 498 g/mol. The molecule has 2 aromatic heterocycles. The Morgan fingerprint density at radius 3 is 2.53 bits per heavy atom. The van der Waals surface area contributed by atoms with Gasteiger partial charge in [-0.2, -0.15) is 4.31 Å². The minimum Gasteiger partial charge on any atom is -0.422 e. The third kappa shape index (κ3) is 4.23. The van der Waals surface area contributed by atoms with Gasteiger partial charge >= 0.3 is 5.63 Å². The lowest BCUT2D eigenvalue weighted by Crippen LogP contribution is -2.52. The van der Waals surface area contributed by atoms with Gasteiger partial charge in [-0.05, 0) is 35.9 Å². The number of sulfonamides is 1. The van der Waals surface area contributed by atoms with Crippen LogP contribution in [0.4, 0.5) is 0 Å². The molecular formula is C23H19ClN4O5S. The molecule has 174 valence electrons. The van der Waals surface area contributed by atoms with Gasteiger partial charge in [0.2, 0.25) is 5.91 Å². The Hall–Kier alpha value is -3.47. The number of halogens is 1. The molecule has 9 nitrogen and oxygen atoms in total. The van der Waals surface area contributed by atoms with E-state index >= 15 is 0 Å². The molecule has 5 rings (SSSR count). The van der Waals surface area contributed by atoms with Crippen molar-refractivity contribution in [3.8, 4) is 5.69 Å². The van der Waals surface area contributed by atoms with Gasteiger partial charge in [-0.25, -0.2) is 18.2 Å². The maximum absolute atomic E-state index is 13.1. The van der Waals surface area contributed by atoms with Gasteiger partial charge in [0.15, 0.2) is 4.90 Å². The maximum Gasteiger partial charge on any atom is 0.356 e. The number of carbonyl (C=O) groups is 1. The topological polar surface area (TPSA) is 106 Å². The number of fused-ring (bicyclic) bond motifs is 1. The highest BCUT2D eigenvalue weighted by Crippen LogP contribution is 2.23. The Bertz CT molecular complexity index is 1530. The van der Waals surface area contributed by atoms with E-state index in [0.717, 1.165) is 15.6 Å². The number of hydrogen-bond donors (Lipinski definition) is 0. The van der Waals surface area contributed by atoms with Crippen LogP contribution in [0.15, 0.2) is 81.4 Å². The Morgan fingerprint density at radius 1 is 1.03 bits per heavy atom. The molecule has 4 aromatic rings. The van der Waals surface area contributed by atoms with Crippen LogP contribution < -0.4 is 5.63 Å². The number of carbonyl (C=O) groups excluding carboxylic acids is 1. The van der Waals surface area contributed by atoms with Crippen molar-refractivity contribution < 1.29 is 17.6 Å². The molecule has 1 aliphatic rings. The molecule has 0 saturated carbocycles. The third-order valence-corrected chi connectivity index (χ3v) is 7.75. The quantitative estimate of drug-likeness (QED) is 0.392. The molecule has 1 saturated heterocycles. The van der Waals surface area contributed by atoms with Crippen LogP contribution in [0.1, 0.15) is 5.56 Å². The Balaban J connectivity index is 1.31. The van der Waals surface area contributed by atoms with Crippen molar-refractivity contribution in [1.82, 2.24) is 18.8 Å². The van der Waals surface area contributed by atoms with E-state index in [1.807, 2.05) is 35.0 Å². The molecule has 0 unspecified atom stereocenters. The van der Waals surface area contributed by atoms with Gasteiger partial charge in [0, 0.05) is 54.2 Å². The summed E-state index contributed by atoms with van der Waals surface area (Å²) >= 11 is 5.91. The van der Waals surface area contributed by atoms with Gasteiger partial charge in [-0.1, -0.05) is 23.7 Å². The van der Waals surface area contributed by atoms with Crippen LogP contribution >= 0.6 is 11.6 Å². The highest BCUT2D eigenvalue weighted by atomic mass is 35.5. The number of hydrogen-bond acceptors (Lipinski definition) is 6. The normalized spacial score (nSPS) is 15.2. The van der Waals surface area contributed by atoms with Crippen molar-refractivity contribution >= 4 is 38.5 Å². The summed E-state index contributed by atoms with van der Waals surface area (Å²) in [5.41, 5.74) is 1.06. The number of imidazole rings is 1. The lowest BCUT2D eigenvalue weighted by molar-refractivity contribution is -0.134. The molecule has 0 atom stereocenters. The fourth-order valence-corrected chi connectivity index (χ4v) is 5.42. The zero-order valence-corrected chi connectivity index (χ0v) is 19.4. The second kappa shape index (κ2) is 8.71. The van der Waals surface area contributed by atoms with E-state index in [-0.39, 0.29) is 31.1 Å². The molecular weight excluding hydrogens is 480 g/mol. The first-order valence-electron chi connectivity index (χ1n) is 10.4. The molecule has 0 bridgehead atoms. The largest absolute Gasteiger partial charge is 0.422 e. The molecule has 0 N–H and O–H groups in total. The first-order valence-corrected chi connectivity index (χ1v) is 12.2. The highest BCUT2D eigenvalue weighted by Gasteiger charge is 2.35. The van der Waals surface area contributed by atoms with E-state index in [4.69, 9.17) is 16.0 Å². The number of amides is 1. The fourth-order valence-electron chi connectivity index (χ4n) is 3.85. The van der Waals surface area contributed by atoms with Crippen molar-refractivity contribution in [3.63, 3.8) is 0 Å². The molecule has 1 fully saturated rings. The van der Waals surface area contributed by atoms with Crippen molar-refractivity contribution in [2.75, 3.05) is 19.6 Å². The number of rotatable bonds is 5. The van der Waals surface area contributed by atoms with Gasteiger partial charge in [0.25, 0.3) is 10.0 Å². The van der Waals surface area contributed by atoms with E-state index in [9.17, 15) is 18.0 Å². The zero-order valence-electron chi connectivity index (χ0n) is 17.8. The van der Waals surface area contributed by atoms with Gasteiger partial charge < -0.3 is 13.9 Å². The minimum absolute atomic E-state index is 0.0687. The minimum atomic E-state index is -4.22. The predicted octanol–water partition coefficient (Wildman–Crippen LogP) is 2.67. The summed E-state index contributed by atoms with van der Waals surface area (Å²) in [6.07, 6.45) is 5.23. The smallest absolute Gasteiger partial charge is 0.356 e. The molecule has 3 heterocycles. The van der Waals surface area contributed by atoms with Gasteiger partial charge in [-0.15, -0.1) is 0 Å². The number of aromatic nitrogens is 2. The van der Waals surface area contributed by atoms with Crippen LogP contribution in [-0.4, -0.2) is 52.7 Å². The van der Waals surface area contributed by atoms with Crippen molar-refractivity contribution in [2.24, 2.45) is 0 Å². The molecule has 0 aliphatic carbocycles. The summed E-state index contributed by atoms with van der Waals surface area (Å²) in [6, 6.07) is 13.5. The second-order valence-electron chi connectivity index (χ2n) is 7.87. The standard InChI is InChI=1S/C23H19ClN4O5S/c24-18-4-3-17-11-21(23(30)33-20(17)12-18)34(31,32)28-10-9-26(22(29)14-28)13-16-1-5-19(6-2-16)27-8-7-25-15-27/h1-8,11-12,15H,9-10,13-14H2. The molecule has 11 heteroatoms. The van der Waals surface area contributed by atoms with Gasteiger partial charge in [0.1, 0.15) is 5.58 Å². The predicted molar refractivity (Wildman–Crippen MR) is 125 cm³/mol. The molecule has 0 radical (unpaired) electrons. The first kappa shape index (κ1) is 22.3. The van der Waals surface area contributed by atoms with E-state index in [0.29, 0.717) is 17.0 Å². The van der Waals surface area contributed by atoms with Crippen LogP contribution in [0.3, 0.4) is 0 Å². The Kier molecular flexibility index (Phi) is 5.72. The molecule has 0 spiro atoms. The average Bonchev–Trinajstić information content (AvgIpc) is 3.35. The molecule has 2 aromatic carbocycles. The number of benzene rings is 2. The summed E-state index contributed by atoms with van der Waals surface area (Å²) in [5.74, 6) is -0.342. The molecule has 34 heavy (non-hydrogen) atoms. The van der Waals surface area contributed by atoms with Crippen molar-refractivity contribution in [2.45, 2.75) is 11.4 Å². The van der Waals surface area contributed by atoms with E-state index in [2.05, 4.69) is 4.98 Å². The van der Waals surface area contributed by atoms with Crippen molar-refractivity contribution in [1.29, 1.82) is 0 Å². The summed E-state index contributed by atoms with van der Waals surface area (Å²) in [4.78, 5) is 30.3. The lowest BCUT2D eigenvalue weighted by Gasteiger charge is -2.33. The number of nitrogens with zero attached hydrogens (tertiary/aromatic N) is 4. The lowest BCUT2D eigenvalue weighted by atomic mass is 10.2. The fraction of sp³-hybridized carbons (Fsp3) is 0.174. The first-order chi connectivity index (χ1) is 16.3. The van der Waals surface area contributed by atoms with E-state index in [1.54, 1.807) is 29.6 Å². The summed E-state index contributed by atoms with van der Waals surface area (Å²) in [7, 11) is -4.22. The SMILES string of the molecule is O=C1CN(S(=O)(=O)c2cc3ccc(Cl)cc3oc2=O)CCN1Cc1ccc(-n2ccnc2)cc1. The van der Waals surface area contributed by atoms with Crippen LogP contribution in [0.5, 0.6) is 0 Å². The van der Waals surface area contributed by atoms with Gasteiger partial charge in [0.05, 0.1) is 12.9 Å². The van der Waals surface area contributed by atoms with Crippen LogP contribution in [0.25, 0.3) is 16.7 Å². The molecule has 1 amide bonds. The summed E-state index contributed by atoms with van der Waals surface area (Å²) in [6.45, 7) is 0.276. The summed E-state index contributed by atoms with van der Waals surface area (Å²) < 4.78 is 34.3. The van der Waals surface area contributed by atoms with E-state index < -0.39 is 20.5 Å². The van der Waals surface area contributed by atoms with Crippen LogP contribution in [0.2, 0.25) is 5.02 Å². The van der Waals surface area contributed by atoms with Gasteiger partial charge in [-0.3, -0.25) is 4.79 Å². The third-order valence-electron chi connectivity index (χ3n) is 5.68. The summed E-state index contributed by atoms with van der Waals surface area (Å²) in [5, 5.41) is 0.788. The van der Waals surface area contributed by atoms with Crippen LogP contribution in [-0.2, 0) is 21.4 Å². The number of piperazine rings is 1. The zero-order chi connectivity index (χ0) is 23.9. The molecule has 1 aliphatic heterocycles. The van der Waals surface area contributed by atoms with Crippen LogP contribution in [0, 0.1) is 0 Å². The van der Waals surface area contributed by atoms with Crippen molar-refractivity contribution in [3.05, 3.63) is 88.3 Å². The highest BCUT2D eigenvalue weighted by molar-refractivity contribution is 7.89.